The van der Waals surface area contributed by atoms with Crippen LogP contribution in [0.25, 0.3) is 10.8 Å². The van der Waals surface area contributed by atoms with E-state index >= 15 is 0 Å². The van der Waals surface area contributed by atoms with Gasteiger partial charge in [0, 0.05) is 12.2 Å². The lowest BCUT2D eigenvalue weighted by Gasteiger charge is -2.16. The van der Waals surface area contributed by atoms with Crippen LogP contribution in [0.2, 0.25) is 0 Å². The van der Waals surface area contributed by atoms with Crippen LogP contribution in [0, 0.1) is 0 Å². The maximum absolute atomic E-state index is 12.3. The smallest absolute Gasteiger partial charge is 0.410 e. The van der Waals surface area contributed by atoms with Gasteiger partial charge in [0.25, 0.3) is 0 Å². The van der Waals surface area contributed by atoms with Crippen LogP contribution in [0.5, 0.6) is 5.75 Å². The van der Waals surface area contributed by atoms with Crippen LogP contribution in [0.3, 0.4) is 0 Å². The first-order valence-electron chi connectivity index (χ1n) is 8.53. The van der Waals surface area contributed by atoms with Crippen molar-refractivity contribution < 1.29 is 9.53 Å². The minimum Gasteiger partial charge on any atom is -0.410 e. The second-order valence-corrected chi connectivity index (χ2v) is 6.32. The third kappa shape index (κ3) is 3.15. The van der Waals surface area contributed by atoms with E-state index in [9.17, 15) is 4.79 Å². The summed E-state index contributed by atoms with van der Waals surface area (Å²) in [6, 6.07) is 19.8. The Balaban J connectivity index is 1.48. The van der Waals surface area contributed by atoms with Gasteiger partial charge in [0.2, 0.25) is 0 Å². The van der Waals surface area contributed by atoms with Crippen LogP contribution < -0.4 is 15.4 Å². The zero-order valence-corrected chi connectivity index (χ0v) is 14.1. The highest BCUT2D eigenvalue weighted by Crippen LogP contribution is 2.27. The van der Waals surface area contributed by atoms with E-state index in [1.54, 1.807) is 0 Å². The molecule has 1 aliphatic rings. The Morgan fingerprint density at radius 2 is 1.96 bits per heavy atom. The molecule has 1 atom stereocenters. The predicted octanol–water partition coefficient (Wildman–Crippen LogP) is 4.66. The van der Waals surface area contributed by atoms with Gasteiger partial charge in [-0.3, -0.25) is 0 Å². The SMILES string of the molecule is C[C@H](NC(=O)Oc1ccc2c(c1)CCN2)c1cccc2ccccc12. The number of fused-ring (bicyclic) bond motifs is 2. The zero-order valence-electron chi connectivity index (χ0n) is 14.1. The van der Waals surface area contributed by atoms with Gasteiger partial charge in [-0.05, 0) is 53.4 Å². The minimum absolute atomic E-state index is 0.144. The van der Waals surface area contributed by atoms with E-state index in [0.29, 0.717) is 5.75 Å². The summed E-state index contributed by atoms with van der Waals surface area (Å²) in [6.07, 6.45) is 0.520. The molecule has 126 valence electrons. The highest BCUT2D eigenvalue weighted by atomic mass is 16.6. The monoisotopic (exact) mass is 332 g/mol. The number of ether oxygens (including phenoxy) is 1. The van der Waals surface area contributed by atoms with E-state index in [1.807, 2.05) is 49.4 Å². The molecule has 1 amide bonds. The number of carbonyl (C=O) groups excluding carboxylic acids is 1. The van der Waals surface area contributed by atoms with E-state index < -0.39 is 6.09 Å². The van der Waals surface area contributed by atoms with Gasteiger partial charge in [0.1, 0.15) is 5.75 Å². The Morgan fingerprint density at radius 3 is 2.88 bits per heavy atom. The maximum Gasteiger partial charge on any atom is 0.413 e. The molecule has 4 nitrogen and oxygen atoms in total. The van der Waals surface area contributed by atoms with Crippen LogP contribution in [-0.4, -0.2) is 12.6 Å². The fourth-order valence-electron chi connectivity index (χ4n) is 3.36. The quantitative estimate of drug-likeness (QED) is 0.733. The van der Waals surface area contributed by atoms with Gasteiger partial charge in [-0.15, -0.1) is 0 Å². The van der Waals surface area contributed by atoms with E-state index in [0.717, 1.165) is 35.0 Å². The van der Waals surface area contributed by atoms with E-state index in [4.69, 9.17) is 4.74 Å². The summed E-state index contributed by atoms with van der Waals surface area (Å²) < 4.78 is 5.47. The normalized spacial score (nSPS) is 13.8. The fourth-order valence-corrected chi connectivity index (χ4v) is 3.36. The summed E-state index contributed by atoms with van der Waals surface area (Å²) in [5.41, 5.74) is 3.39. The van der Waals surface area contributed by atoms with Gasteiger partial charge in [-0.25, -0.2) is 4.79 Å². The Labute approximate surface area is 146 Å². The van der Waals surface area contributed by atoms with Crippen LogP contribution >= 0.6 is 0 Å². The molecule has 0 spiro atoms. The van der Waals surface area contributed by atoms with Crippen LogP contribution in [0.1, 0.15) is 24.1 Å². The molecule has 0 radical (unpaired) electrons. The molecule has 1 aliphatic heterocycles. The van der Waals surface area contributed by atoms with Crippen molar-refractivity contribution in [1.82, 2.24) is 5.32 Å². The molecule has 0 bridgehead atoms. The molecule has 25 heavy (non-hydrogen) atoms. The molecular weight excluding hydrogens is 312 g/mol. The third-order valence-corrected chi connectivity index (χ3v) is 4.62. The molecule has 2 N–H and O–H groups in total. The van der Waals surface area contributed by atoms with Crippen molar-refractivity contribution in [2.45, 2.75) is 19.4 Å². The number of hydrogen-bond donors (Lipinski definition) is 2. The molecule has 0 aliphatic carbocycles. The number of hydrogen-bond acceptors (Lipinski definition) is 3. The molecular formula is C21H20N2O2. The first-order chi connectivity index (χ1) is 12.2. The van der Waals surface area contributed by atoms with Crippen molar-refractivity contribution in [3.63, 3.8) is 0 Å². The van der Waals surface area contributed by atoms with Crippen molar-refractivity contribution in [2.75, 3.05) is 11.9 Å². The van der Waals surface area contributed by atoms with Gasteiger partial charge >= 0.3 is 6.09 Å². The second-order valence-electron chi connectivity index (χ2n) is 6.32. The lowest BCUT2D eigenvalue weighted by molar-refractivity contribution is 0.197. The second kappa shape index (κ2) is 6.48. The number of amides is 1. The molecule has 0 unspecified atom stereocenters. The number of anilines is 1. The van der Waals surface area contributed by atoms with Crippen molar-refractivity contribution in [2.24, 2.45) is 0 Å². The summed E-state index contributed by atoms with van der Waals surface area (Å²) in [5.74, 6) is 0.574. The number of carbonyl (C=O) groups is 1. The standard InChI is InChI=1S/C21H20N2O2/c1-14(18-8-4-6-15-5-2-3-7-19(15)18)23-21(24)25-17-9-10-20-16(13-17)11-12-22-20/h2-10,13-14,22H,11-12H2,1H3,(H,23,24)/t14-/m0/s1. The summed E-state index contributed by atoms with van der Waals surface area (Å²) in [6.45, 7) is 2.90. The molecule has 0 saturated heterocycles. The van der Waals surface area contributed by atoms with Gasteiger partial charge in [0.15, 0.2) is 0 Å². The van der Waals surface area contributed by atoms with Gasteiger partial charge in [-0.1, -0.05) is 42.5 Å². The topological polar surface area (TPSA) is 50.4 Å². The lowest BCUT2D eigenvalue weighted by Crippen LogP contribution is -2.29. The molecule has 0 saturated carbocycles. The Bertz CT molecular complexity index is 931. The molecule has 4 heteroatoms. The fraction of sp³-hybridized carbons (Fsp3) is 0.190. The average molecular weight is 332 g/mol. The molecule has 4 rings (SSSR count). The molecule has 0 fully saturated rings. The van der Waals surface area contributed by atoms with Gasteiger partial charge < -0.3 is 15.4 Å². The number of nitrogens with one attached hydrogen (secondary N) is 2. The highest BCUT2D eigenvalue weighted by Gasteiger charge is 2.15. The molecule has 3 aromatic rings. The van der Waals surface area contributed by atoms with E-state index in [1.165, 1.54) is 5.56 Å². The Kier molecular flexibility index (Phi) is 4.02. The van der Waals surface area contributed by atoms with Crippen molar-refractivity contribution in [3.05, 3.63) is 71.8 Å². The summed E-state index contributed by atoms with van der Waals surface area (Å²) in [4.78, 5) is 12.3. The van der Waals surface area contributed by atoms with Crippen LogP contribution in [-0.2, 0) is 6.42 Å². The van der Waals surface area contributed by atoms with Crippen LogP contribution in [0.15, 0.2) is 60.7 Å². The average Bonchev–Trinajstić information content (AvgIpc) is 3.08. The molecule has 1 heterocycles. The number of benzene rings is 3. The van der Waals surface area contributed by atoms with Crippen molar-refractivity contribution in [3.8, 4) is 5.75 Å². The largest absolute Gasteiger partial charge is 0.413 e. The minimum atomic E-state index is -0.439. The predicted molar refractivity (Wildman–Crippen MR) is 100 cm³/mol. The summed E-state index contributed by atoms with van der Waals surface area (Å²) in [5, 5.41) is 8.52. The van der Waals surface area contributed by atoms with Gasteiger partial charge in [-0.2, -0.15) is 0 Å². The Morgan fingerprint density at radius 1 is 1.12 bits per heavy atom. The van der Waals surface area contributed by atoms with Crippen molar-refractivity contribution >= 4 is 22.6 Å². The van der Waals surface area contributed by atoms with Crippen molar-refractivity contribution in [1.29, 1.82) is 0 Å². The maximum atomic E-state index is 12.3. The Hall–Kier alpha value is -3.01. The lowest BCUT2D eigenvalue weighted by atomic mass is 10.00. The highest BCUT2D eigenvalue weighted by molar-refractivity contribution is 5.86. The zero-order chi connectivity index (χ0) is 17.2. The first kappa shape index (κ1) is 15.5. The van der Waals surface area contributed by atoms with E-state index in [2.05, 4.69) is 28.8 Å². The van der Waals surface area contributed by atoms with Gasteiger partial charge in [0.05, 0.1) is 6.04 Å². The molecule has 0 aromatic heterocycles. The first-order valence-corrected chi connectivity index (χ1v) is 8.53. The van der Waals surface area contributed by atoms with E-state index in [-0.39, 0.29) is 6.04 Å². The molecule has 3 aromatic carbocycles. The summed E-state index contributed by atoms with van der Waals surface area (Å²) in [7, 11) is 0. The van der Waals surface area contributed by atoms with Crippen LogP contribution in [0.4, 0.5) is 10.5 Å². The number of rotatable bonds is 3. The summed E-state index contributed by atoms with van der Waals surface area (Å²) >= 11 is 0. The third-order valence-electron chi connectivity index (χ3n) is 4.62.